The van der Waals surface area contributed by atoms with E-state index in [1.165, 1.54) is 11.3 Å². The first-order chi connectivity index (χ1) is 17.1. The van der Waals surface area contributed by atoms with E-state index in [9.17, 15) is 0 Å². The van der Waals surface area contributed by atoms with Gasteiger partial charge in [0.25, 0.3) is 0 Å². The highest BCUT2D eigenvalue weighted by Crippen LogP contribution is 2.33. The number of methoxy groups -OCH3 is 1. The molecule has 0 spiro atoms. The normalized spacial score (nSPS) is 14.1. The Morgan fingerprint density at radius 3 is 2.40 bits per heavy atom. The number of benzene rings is 3. The van der Waals surface area contributed by atoms with Gasteiger partial charge in [-0.1, -0.05) is 40.6 Å². The Labute approximate surface area is 208 Å². The molecule has 1 aliphatic rings. The Hall–Kier alpha value is -3.84. The van der Waals surface area contributed by atoms with E-state index in [2.05, 4.69) is 57.4 Å². The molecule has 3 heterocycles. The first kappa shape index (κ1) is 21.7. The van der Waals surface area contributed by atoms with Crippen LogP contribution in [0.25, 0.3) is 27.8 Å². The number of nitrogens with zero attached hydrogens (tertiary/aromatic N) is 6. The molecule has 0 radical (unpaired) electrons. The van der Waals surface area contributed by atoms with E-state index in [0.29, 0.717) is 5.02 Å². The number of halogens is 1. The summed E-state index contributed by atoms with van der Waals surface area (Å²) in [6.45, 7) is 5.55. The second-order valence-corrected chi connectivity index (χ2v) is 9.25. The monoisotopic (exact) mass is 484 g/mol. The number of fused-ring (bicyclic) bond motifs is 3. The molecule has 8 heteroatoms. The number of aromatic nitrogens is 4. The highest BCUT2D eigenvalue weighted by Gasteiger charge is 2.23. The van der Waals surface area contributed by atoms with Crippen molar-refractivity contribution in [2.24, 2.45) is 0 Å². The number of piperazine rings is 1. The van der Waals surface area contributed by atoms with Crippen molar-refractivity contribution in [3.8, 4) is 17.0 Å². The molecule has 0 aliphatic carbocycles. The predicted molar refractivity (Wildman–Crippen MR) is 141 cm³/mol. The van der Waals surface area contributed by atoms with Crippen LogP contribution >= 0.6 is 11.6 Å². The Balaban J connectivity index is 1.39. The fourth-order valence-electron chi connectivity index (χ4n) is 4.76. The molecule has 5 aromatic rings. The Morgan fingerprint density at radius 2 is 1.66 bits per heavy atom. The van der Waals surface area contributed by atoms with Crippen molar-refractivity contribution in [3.05, 3.63) is 77.3 Å². The minimum atomic E-state index is 0.677. The number of rotatable bonds is 4. The second kappa shape index (κ2) is 8.74. The standard InChI is InChI=1S/C27H25ClN6O/c1-18-4-3-5-19(16-18)25-27-29-26(23-17-20(28)6-11-24(23)34(27)31-30-25)33-14-12-32(13-15-33)21-7-9-22(35-2)10-8-21/h3-11,16-17H,12-15H2,1-2H3. The van der Waals surface area contributed by atoms with Gasteiger partial charge in [-0.05, 0) is 55.5 Å². The smallest absolute Gasteiger partial charge is 0.186 e. The van der Waals surface area contributed by atoms with Gasteiger partial charge in [-0.2, -0.15) is 4.52 Å². The lowest BCUT2D eigenvalue weighted by molar-refractivity contribution is 0.415. The zero-order chi connectivity index (χ0) is 23.9. The molecule has 176 valence electrons. The fraction of sp³-hybridized carbons (Fsp3) is 0.222. The summed E-state index contributed by atoms with van der Waals surface area (Å²) in [6.07, 6.45) is 0. The molecule has 6 rings (SSSR count). The molecule has 0 unspecified atom stereocenters. The molecule has 0 bridgehead atoms. The van der Waals surface area contributed by atoms with Crippen LogP contribution in [0.15, 0.2) is 66.7 Å². The molecule has 35 heavy (non-hydrogen) atoms. The van der Waals surface area contributed by atoms with Crippen molar-refractivity contribution in [3.63, 3.8) is 0 Å². The summed E-state index contributed by atoms with van der Waals surface area (Å²) in [4.78, 5) is 9.85. The lowest BCUT2D eigenvalue weighted by atomic mass is 10.1. The first-order valence-corrected chi connectivity index (χ1v) is 12.0. The topological polar surface area (TPSA) is 58.8 Å². The molecular weight excluding hydrogens is 460 g/mol. The van der Waals surface area contributed by atoms with E-state index < -0.39 is 0 Å². The number of aryl methyl sites for hydroxylation is 1. The molecule has 1 aliphatic heterocycles. The zero-order valence-electron chi connectivity index (χ0n) is 19.6. The maximum atomic E-state index is 6.42. The van der Waals surface area contributed by atoms with E-state index in [4.69, 9.17) is 21.3 Å². The summed E-state index contributed by atoms with van der Waals surface area (Å²) in [5.41, 5.74) is 5.85. The lowest BCUT2D eigenvalue weighted by Crippen LogP contribution is -2.47. The molecule has 7 nitrogen and oxygen atoms in total. The van der Waals surface area contributed by atoms with Crippen LogP contribution in [-0.2, 0) is 0 Å². The van der Waals surface area contributed by atoms with E-state index in [1.54, 1.807) is 7.11 Å². The molecule has 1 saturated heterocycles. The molecule has 0 saturated carbocycles. The molecule has 0 atom stereocenters. The van der Waals surface area contributed by atoms with Gasteiger partial charge in [0.2, 0.25) is 0 Å². The average molecular weight is 485 g/mol. The van der Waals surface area contributed by atoms with Crippen LogP contribution in [-0.4, -0.2) is 53.1 Å². The predicted octanol–water partition coefficient (Wildman–Crippen LogP) is 5.24. The Bertz CT molecular complexity index is 1520. The van der Waals surface area contributed by atoms with Gasteiger partial charge in [-0.15, -0.1) is 5.10 Å². The second-order valence-electron chi connectivity index (χ2n) is 8.81. The van der Waals surface area contributed by atoms with E-state index >= 15 is 0 Å². The van der Waals surface area contributed by atoms with Crippen molar-refractivity contribution in [2.45, 2.75) is 6.92 Å². The highest BCUT2D eigenvalue weighted by atomic mass is 35.5. The Kier molecular flexibility index (Phi) is 5.41. The molecular formula is C27H25ClN6O. The zero-order valence-corrected chi connectivity index (χ0v) is 20.4. The van der Waals surface area contributed by atoms with Crippen LogP contribution in [0.4, 0.5) is 11.5 Å². The van der Waals surface area contributed by atoms with Gasteiger partial charge in [0.15, 0.2) is 5.65 Å². The molecule has 2 aromatic heterocycles. The summed E-state index contributed by atoms with van der Waals surface area (Å²) >= 11 is 6.42. The third kappa shape index (κ3) is 3.91. The maximum Gasteiger partial charge on any atom is 0.186 e. The van der Waals surface area contributed by atoms with Crippen molar-refractivity contribution in [2.75, 3.05) is 43.1 Å². The molecule has 3 aromatic carbocycles. The van der Waals surface area contributed by atoms with Gasteiger partial charge in [0, 0.05) is 47.8 Å². The van der Waals surface area contributed by atoms with Crippen LogP contribution in [0.1, 0.15) is 5.56 Å². The van der Waals surface area contributed by atoms with Gasteiger partial charge in [-0.3, -0.25) is 0 Å². The minimum absolute atomic E-state index is 0.677. The maximum absolute atomic E-state index is 6.42. The summed E-state index contributed by atoms with van der Waals surface area (Å²) < 4.78 is 7.12. The number of hydrogen-bond acceptors (Lipinski definition) is 6. The van der Waals surface area contributed by atoms with Gasteiger partial charge < -0.3 is 14.5 Å². The first-order valence-electron chi connectivity index (χ1n) is 11.7. The molecule has 1 fully saturated rings. The minimum Gasteiger partial charge on any atom is -0.497 e. The third-order valence-electron chi connectivity index (χ3n) is 6.59. The highest BCUT2D eigenvalue weighted by molar-refractivity contribution is 6.31. The van der Waals surface area contributed by atoms with Crippen molar-refractivity contribution < 1.29 is 4.74 Å². The number of ether oxygens (including phenoxy) is 1. The van der Waals surface area contributed by atoms with Gasteiger partial charge >= 0.3 is 0 Å². The third-order valence-corrected chi connectivity index (χ3v) is 6.83. The molecule has 0 amide bonds. The van der Waals surface area contributed by atoms with Crippen molar-refractivity contribution in [1.29, 1.82) is 0 Å². The van der Waals surface area contributed by atoms with E-state index in [0.717, 1.165) is 65.6 Å². The van der Waals surface area contributed by atoms with Gasteiger partial charge in [0.1, 0.15) is 17.3 Å². The van der Waals surface area contributed by atoms with Crippen LogP contribution in [0, 0.1) is 6.92 Å². The van der Waals surface area contributed by atoms with Crippen LogP contribution < -0.4 is 14.5 Å². The largest absolute Gasteiger partial charge is 0.497 e. The van der Waals surface area contributed by atoms with Gasteiger partial charge in [0.05, 0.1) is 12.6 Å². The van der Waals surface area contributed by atoms with Crippen LogP contribution in [0.3, 0.4) is 0 Å². The summed E-state index contributed by atoms with van der Waals surface area (Å²) in [5.74, 6) is 1.78. The molecule has 0 N–H and O–H groups in total. The summed E-state index contributed by atoms with van der Waals surface area (Å²) in [7, 11) is 1.69. The lowest BCUT2D eigenvalue weighted by Gasteiger charge is -2.37. The number of hydrogen-bond donors (Lipinski definition) is 0. The van der Waals surface area contributed by atoms with Crippen molar-refractivity contribution >= 4 is 39.7 Å². The Morgan fingerprint density at radius 1 is 0.886 bits per heavy atom. The van der Waals surface area contributed by atoms with Crippen molar-refractivity contribution in [1.82, 2.24) is 19.8 Å². The summed E-state index contributed by atoms with van der Waals surface area (Å²) in [5, 5.41) is 10.6. The van der Waals surface area contributed by atoms with E-state index in [1.807, 2.05) is 40.9 Å². The average Bonchev–Trinajstić information content (AvgIpc) is 3.32. The quantitative estimate of drug-likeness (QED) is 0.347. The summed E-state index contributed by atoms with van der Waals surface area (Å²) in [6, 6.07) is 22.4. The van der Waals surface area contributed by atoms with Crippen LogP contribution in [0.5, 0.6) is 5.75 Å². The van der Waals surface area contributed by atoms with E-state index in [-0.39, 0.29) is 0 Å². The SMILES string of the molecule is COc1ccc(N2CCN(c3nc4c(-c5cccc(C)c5)nnn4c4ccc(Cl)cc34)CC2)cc1. The number of anilines is 2. The fourth-order valence-corrected chi connectivity index (χ4v) is 4.93. The van der Waals surface area contributed by atoms with Gasteiger partial charge in [-0.25, -0.2) is 4.98 Å². The van der Waals surface area contributed by atoms with Crippen LogP contribution in [0.2, 0.25) is 5.02 Å².